The van der Waals surface area contributed by atoms with Gasteiger partial charge in [0.25, 0.3) is 0 Å². The van der Waals surface area contributed by atoms with Gasteiger partial charge in [-0.25, -0.2) is 18.7 Å². The maximum Gasteiger partial charge on any atom is 0.250 e. The van der Waals surface area contributed by atoms with E-state index < -0.39 is 5.92 Å². The number of nitrogens with one attached hydrogen (secondary N) is 1. The van der Waals surface area contributed by atoms with Crippen molar-refractivity contribution in [1.82, 2.24) is 9.97 Å². The predicted octanol–water partition coefficient (Wildman–Crippen LogP) is 1.95. The number of nitrogens with zero attached hydrogens (tertiary/aromatic N) is 3. The van der Waals surface area contributed by atoms with Gasteiger partial charge in [0.05, 0.1) is 12.4 Å². The second-order valence-corrected chi connectivity index (χ2v) is 3.84. The zero-order chi connectivity index (χ0) is 11.6. The lowest BCUT2D eigenvalue weighted by molar-refractivity contribution is 0.00852. The van der Waals surface area contributed by atoms with Gasteiger partial charge in [0, 0.05) is 18.9 Å². The monoisotopic (exact) mass is 224 g/mol. The quantitative estimate of drug-likeness (QED) is 0.833. The van der Waals surface area contributed by atoms with Crippen LogP contribution in [0.2, 0.25) is 0 Å². The van der Waals surface area contributed by atoms with Crippen LogP contribution in [-0.4, -0.2) is 21.9 Å². The van der Waals surface area contributed by atoms with Crippen molar-refractivity contribution in [1.29, 1.82) is 5.26 Å². The Bertz CT molecular complexity index is 410. The molecular formula is C10H10F2N4. The minimum absolute atomic E-state index is 0.0889. The number of anilines is 1. The maximum absolute atomic E-state index is 12.9. The first-order chi connectivity index (χ1) is 7.59. The van der Waals surface area contributed by atoms with Crippen LogP contribution in [-0.2, 0) is 0 Å². The molecule has 1 N–H and O–H groups in total. The molecule has 1 unspecified atom stereocenters. The van der Waals surface area contributed by atoms with Gasteiger partial charge in [-0.3, -0.25) is 0 Å². The fourth-order valence-corrected chi connectivity index (χ4v) is 1.74. The summed E-state index contributed by atoms with van der Waals surface area (Å²) in [5.41, 5.74) is 0.210. The van der Waals surface area contributed by atoms with Crippen molar-refractivity contribution in [3.8, 4) is 6.07 Å². The van der Waals surface area contributed by atoms with Crippen molar-refractivity contribution in [2.75, 3.05) is 5.32 Å². The van der Waals surface area contributed by atoms with Crippen molar-refractivity contribution in [2.24, 2.45) is 0 Å². The van der Waals surface area contributed by atoms with E-state index in [-0.39, 0.29) is 24.6 Å². The van der Waals surface area contributed by atoms with Crippen molar-refractivity contribution in [3.63, 3.8) is 0 Å². The van der Waals surface area contributed by atoms with Crippen LogP contribution in [0.5, 0.6) is 0 Å². The topological polar surface area (TPSA) is 61.6 Å². The molecule has 1 aromatic rings. The molecule has 1 saturated carbocycles. The van der Waals surface area contributed by atoms with Gasteiger partial charge < -0.3 is 5.32 Å². The van der Waals surface area contributed by atoms with Gasteiger partial charge in [0.1, 0.15) is 11.9 Å². The van der Waals surface area contributed by atoms with Crippen LogP contribution >= 0.6 is 0 Å². The first-order valence-electron chi connectivity index (χ1n) is 4.95. The second-order valence-electron chi connectivity index (χ2n) is 3.84. The molecule has 84 valence electrons. The number of halogens is 2. The van der Waals surface area contributed by atoms with Crippen LogP contribution < -0.4 is 5.32 Å². The summed E-state index contributed by atoms with van der Waals surface area (Å²) in [4.78, 5) is 7.72. The molecule has 0 saturated heterocycles. The fourth-order valence-electron chi connectivity index (χ4n) is 1.74. The van der Waals surface area contributed by atoms with Crippen LogP contribution in [0, 0.1) is 11.3 Å². The standard InChI is InChI=1S/C10H10F2N4/c11-10(12)2-1-7(3-10)16-9-6-14-8(4-13)5-15-9/h5-7H,1-3H2,(H,15,16). The molecule has 16 heavy (non-hydrogen) atoms. The Kier molecular flexibility index (Phi) is 2.69. The molecule has 1 aromatic heterocycles. The Morgan fingerprint density at radius 1 is 1.44 bits per heavy atom. The summed E-state index contributed by atoms with van der Waals surface area (Å²) in [6.45, 7) is 0. The van der Waals surface area contributed by atoms with E-state index in [1.807, 2.05) is 6.07 Å². The summed E-state index contributed by atoms with van der Waals surface area (Å²) in [6.07, 6.45) is 2.86. The minimum atomic E-state index is -2.57. The third kappa shape index (κ3) is 2.42. The molecule has 1 aliphatic carbocycles. The molecule has 0 aliphatic heterocycles. The number of nitriles is 1. The largest absolute Gasteiger partial charge is 0.366 e. The average molecular weight is 224 g/mol. The highest BCUT2D eigenvalue weighted by molar-refractivity contribution is 5.34. The molecular weight excluding hydrogens is 214 g/mol. The van der Waals surface area contributed by atoms with E-state index in [0.717, 1.165) is 0 Å². The van der Waals surface area contributed by atoms with Gasteiger partial charge in [0.15, 0.2) is 5.69 Å². The highest BCUT2D eigenvalue weighted by Gasteiger charge is 2.39. The van der Waals surface area contributed by atoms with E-state index in [4.69, 9.17) is 5.26 Å². The van der Waals surface area contributed by atoms with E-state index in [0.29, 0.717) is 12.2 Å². The predicted molar refractivity (Wildman–Crippen MR) is 53.0 cm³/mol. The zero-order valence-corrected chi connectivity index (χ0v) is 8.45. The van der Waals surface area contributed by atoms with Gasteiger partial charge in [-0.2, -0.15) is 5.26 Å². The summed E-state index contributed by atoms with van der Waals surface area (Å²) in [5.74, 6) is -2.14. The Balaban J connectivity index is 1.97. The van der Waals surface area contributed by atoms with E-state index in [1.54, 1.807) is 0 Å². The van der Waals surface area contributed by atoms with Gasteiger partial charge in [-0.15, -0.1) is 0 Å². The molecule has 0 amide bonds. The average Bonchev–Trinajstić information content (AvgIpc) is 2.59. The Hall–Kier alpha value is -1.77. The van der Waals surface area contributed by atoms with E-state index >= 15 is 0 Å². The first kappa shape index (κ1) is 10.7. The summed E-state index contributed by atoms with van der Waals surface area (Å²) < 4.78 is 25.8. The van der Waals surface area contributed by atoms with Gasteiger partial charge >= 0.3 is 0 Å². The number of hydrogen-bond donors (Lipinski definition) is 1. The van der Waals surface area contributed by atoms with Crippen molar-refractivity contribution < 1.29 is 8.78 Å². The van der Waals surface area contributed by atoms with Crippen LogP contribution in [0.4, 0.5) is 14.6 Å². The summed E-state index contributed by atoms with van der Waals surface area (Å²) in [7, 11) is 0. The van der Waals surface area contributed by atoms with Crippen LogP contribution in [0.3, 0.4) is 0 Å². The minimum Gasteiger partial charge on any atom is -0.366 e. The van der Waals surface area contributed by atoms with Crippen LogP contribution in [0.15, 0.2) is 12.4 Å². The number of aromatic nitrogens is 2. The lowest BCUT2D eigenvalue weighted by Gasteiger charge is -2.12. The molecule has 0 bridgehead atoms. The second kappa shape index (κ2) is 4.00. The summed E-state index contributed by atoms with van der Waals surface area (Å²) >= 11 is 0. The molecule has 0 spiro atoms. The summed E-state index contributed by atoms with van der Waals surface area (Å²) in [6, 6.07) is 1.57. The highest BCUT2D eigenvalue weighted by atomic mass is 19.3. The molecule has 1 fully saturated rings. The maximum atomic E-state index is 12.9. The van der Waals surface area contributed by atoms with Crippen molar-refractivity contribution >= 4 is 5.82 Å². The smallest absolute Gasteiger partial charge is 0.250 e. The van der Waals surface area contributed by atoms with E-state index in [9.17, 15) is 8.78 Å². The Morgan fingerprint density at radius 2 is 2.25 bits per heavy atom. The van der Waals surface area contributed by atoms with Gasteiger partial charge in [0.2, 0.25) is 5.92 Å². The van der Waals surface area contributed by atoms with E-state index in [2.05, 4.69) is 15.3 Å². The third-order valence-corrected chi connectivity index (χ3v) is 2.52. The SMILES string of the molecule is N#Cc1cnc(NC2CCC(F)(F)C2)cn1. The lowest BCUT2D eigenvalue weighted by Crippen LogP contribution is -2.19. The number of alkyl halides is 2. The Morgan fingerprint density at radius 3 is 2.75 bits per heavy atom. The van der Waals surface area contributed by atoms with Crippen molar-refractivity contribution in [3.05, 3.63) is 18.1 Å². The number of rotatable bonds is 2. The van der Waals surface area contributed by atoms with Gasteiger partial charge in [-0.1, -0.05) is 0 Å². The molecule has 1 aliphatic rings. The third-order valence-electron chi connectivity index (χ3n) is 2.52. The fraction of sp³-hybridized carbons (Fsp3) is 0.500. The van der Waals surface area contributed by atoms with Crippen LogP contribution in [0.25, 0.3) is 0 Å². The van der Waals surface area contributed by atoms with Crippen LogP contribution in [0.1, 0.15) is 25.0 Å². The van der Waals surface area contributed by atoms with E-state index in [1.165, 1.54) is 12.4 Å². The normalized spacial score (nSPS) is 22.7. The van der Waals surface area contributed by atoms with Crippen molar-refractivity contribution in [2.45, 2.75) is 31.2 Å². The molecule has 4 nitrogen and oxygen atoms in total. The molecule has 1 atom stereocenters. The lowest BCUT2D eigenvalue weighted by atomic mass is 10.2. The Labute approximate surface area is 91.3 Å². The molecule has 0 aromatic carbocycles. The molecule has 0 radical (unpaired) electrons. The zero-order valence-electron chi connectivity index (χ0n) is 8.45. The summed E-state index contributed by atoms with van der Waals surface area (Å²) in [5, 5.41) is 11.4. The highest BCUT2D eigenvalue weighted by Crippen LogP contribution is 2.35. The molecule has 1 heterocycles. The molecule has 6 heteroatoms. The first-order valence-corrected chi connectivity index (χ1v) is 4.95. The van der Waals surface area contributed by atoms with Gasteiger partial charge in [-0.05, 0) is 6.42 Å². The molecule has 2 rings (SSSR count). The number of hydrogen-bond acceptors (Lipinski definition) is 4.